The number of carbonyl (C=O) groups is 1. The molecule has 1 aromatic rings. The van der Waals surface area contributed by atoms with Crippen molar-refractivity contribution in [1.29, 1.82) is 5.26 Å². The Kier molecular flexibility index (Phi) is 1.86. The fourth-order valence-corrected chi connectivity index (χ4v) is 1.93. The van der Waals surface area contributed by atoms with Crippen molar-refractivity contribution in [2.24, 2.45) is 0 Å². The van der Waals surface area contributed by atoms with Crippen LogP contribution in [0.5, 0.6) is 0 Å². The minimum absolute atomic E-state index is 0.0169. The van der Waals surface area contributed by atoms with E-state index in [0.717, 1.165) is 35.8 Å². The zero-order chi connectivity index (χ0) is 9.26. The lowest BCUT2D eigenvalue weighted by molar-refractivity contribution is -0.109. The second kappa shape index (κ2) is 3.02. The molecule has 0 N–H and O–H groups in total. The zero-order valence-corrected chi connectivity index (χ0v) is 7.16. The fraction of sp³-hybridized carbons (Fsp3) is 0.273. The van der Waals surface area contributed by atoms with Crippen LogP contribution in [0.1, 0.15) is 29.0 Å². The average Bonchev–Trinajstić information content (AvgIpc) is 2.60. The molecule has 1 aliphatic rings. The Morgan fingerprint density at radius 2 is 2.38 bits per heavy atom. The lowest BCUT2D eigenvalue weighted by Crippen LogP contribution is -1.94. The van der Waals surface area contributed by atoms with Gasteiger partial charge in [-0.1, -0.05) is 12.1 Å². The lowest BCUT2D eigenvalue weighted by Gasteiger charge is -2.02. The van der Waals surface area contributed by atoms with Gasteiger partial charge in [0.05, 0.1) is 11.6 Å². The monoisotopic (exact) mass is 171 g/mol. The summed E-state index contributed by atoms with van der Waals surface area (Å²) in [4.78, 5) is 10.7. The van der Waals surface area contributed by atoms with E-state index in [1.54, 1.807) is 0 Å². The van der Waals surface area contributed by atoms with Crippen LogP contribution in [0.15, 0.2) is 18.2 Å². The molecule has 0 amide bonds. The predicted octanol–water partition coefficient (Wildman–Crippen LogP) is 1.79. The highest BCUT2D eigenvalue weighted by atomic mass is 16.1. The van der Waals surface area contributed by atoms with Crippen LogP contribution in [0.2, 0.25) is 0 Å². The number of benzene rings is 1. The van der Waals surface area contributed by atoms with Crippen LogP contribution in [-0.2, 0) is 11.2 Å². The summed E-state index contributed by atoms with van der Waals surface area (Å²) < 4.78 is 0. The third-order valence-corrected chi connectivity index (χ3v) is 2.60. The molecule has 13 heavy (non-hydrogen) atoms. The molecule has 0 spiro atoms. The summed E-state index contributed by atoms with van der Waals surface area (Å²) in [6.07, 6.45) is 2.70. The van der Waals surface area contributed by atoms with Gasteiger partial charge in [0.25, 0.3) is 0 Å². The standard InChI is InChI=1S/C11H9NO/c12-6-8-2-1-3-10-9(7-13)4-5-11(8)10/h1-3,7,9H,4-5H2/t9-/m0/s1. The largest absolute Gasteiger partial charge is 0.303 e. The van der Waals surface area contributed by atoms with Crippen molar-refractivity contribution in [3.8, 4) is 6.07 Å². The Balaban J connectivity index is 2.56. The highest BCUT2D eigenvalue weighted by molar-refractivity contribution is 5.66. The van der Waals surface area contributed by atoms with Crippen molar-refractivity contribution in [3.63, 3.8) is 0 Å². The summed E-state index contributed by atoms with van der Waals surface area (Å²) in [6, 6.07) is 7.76. The molecule has 0 fully saturated rings. The maximum Gasteiger partial charge on any atom is 0.127 e. The molecule has 2 heteroatoms. The zero-order valence-electron chi connectivity index (χ0n) is 7.16. The first-order valence-corrected chi connectivity index (χ1v) is 4.34. The summed E-state index contributed by atoms with van der Waals surface area (Å²) in [7, 11) is 0. The molecule has 0 saturated carbocycles. The topological polar surface area (TPSA) is 40.9 Å². The molecule has 0 heterocycles. The van der Waals surface area contributed by atoms with Gasteiger partial charge in [0, 0.05) is 5.92 Å². The van der Waals surface area contributed by atoms with E-state index in [1.807, 2.05) is 18.2 Å². The van der Waals surface area contributed by atoms with Gasteiger partial charge in [-0.15, -0.1) is 0 Å². The first-order chi connectivity index (χ1) is 6.36. The van der Waals surface area contributed by atoms with Gasteiger partial charge in [-0.2, -0.15) is 5.26 Å². The number of nitriles is 1. The molecule has 2 nitrogen and oxygen atoms in total. The van der Waals surface area contributed by atoms with E-state index >= 15 is 0 Å². The SMILES string of the molecule is N#Cc1cccc2c1CC[C@H]2C=O. The summed E-state index contributed by atoms with van der Waals surface area (Å²) in [6.45, 7) is 0. The number of rotatable bonds is 1. The molecule has 2 rings (SSSR count). The summed E-state index contributed by atoms with van der Waals surface area (Å²) >= 11 is 0. The summed E-state index contributed by atoms with van der Waals surface area (Å²) in [5, 5.41) is 8.82. The normalized spacial score (nSPS) is 19.2. The Labute approximate surface area is 76.8 Å². The third kappa shape index (κ3) is 1.13. The number of hydrogen-bond donors (Lipinski definition) is 0. The van der Waals surface area contributed by atoms with Crippen LogP contribution in [0.4, 0.5) is 0 Å². The van der Waals surface area contributed by atoms with Gasteiger partial charge in [-0.25, -0.2) is 0 Å². The molecule has 0 unspecified atom stereocenters. The fourth-order valence-electron chi connectivity index (χ4n) is 1.93. The molecule has 1 atom stereocenters. The van der Waals surface area contributed by atoms with Crippen molar-refractivity contribution in [2.45, 2.75) is 18.8 Å². The number of aldehydes is 1. The van der Waals surface area contributed by atoms with Gasteiger partial charge < -0.3 is 4.79 Å². The maximum atomic E-state index is 10.7. The highest BCUT2D eigenvalue weighted by Crippen LogP contribution is 2.33. The van der Waals surface area contributed by atoms with E-state index in [2.05, 4.69) is 6.07 Å². The number of nitrogens with zero attached hydrogens (tertiary/aromatic N) is 1. The Bertz CT molecular complexity index is 390. The average molecular weight is 171 g/mol. The van der Waals surface area contributed by atoms with Crippen molar-refractivity contribution in [1.82, 2.24) is 0 Å². The molecule has 0 saturated heterocycles. The molecule has 1 aromatic carbocycles. The minimum Gasteiger partial charge on any atom is -0.303 e. The molecule has 1 aliphatic carbocycles. The predicted molar refractivity (Wildman–Crippen MR) is 48.3 cm³/mol. The molecule has 0 bridgehead atoms. The van der Waals surface area contributed by atoms with Gasteiger partial charge in [-0.05, 0) is 30.0 Å². The lowest BCUT2D eigenvalue weighted by atomic mass is 10.0. The van der Waals surface area contributed by atoms with E-state index in [4.69, 9.17) is 5.26 Å². The van der Waals surface area contributed by atoms with E-state index in [0.29, 0.717) is 0 Å². The van der Waals surface area contributed by atoms with Gasteiger partial charge in [0.2, 0.25) is 0 Å². The number of fused-ring (bicyclic) bond motifs is 1. The van der Waals surface area contributed by atoms with Crippen molar-refractivity contribution < 1.29 is 4.79 Å². The first-order valence-electron chi connectivity index (χ1n) is 4.34. The first kappa shape index (κ1) is 8.00. The number of hydrogen-bond acceptors (Lipinski definition) is 2. The van der Waals surface area contributed by atoms with Crippen LogP contribution in [-0.4, -0.2) is 6.29 Å². The Morgan fingerprint density at radius 1 is 1.54 bits per heavy atom. The smallest absolute Gasteiger partial charge is 0.127 e. The van der Waals surface area contributed by atoms with Crippen LogP contribution < -0.4 is 0 Å². The highest BCUT2D eigenvalue weighted by Gasteiger charge is 2.23. The maximum absolute atomic E-state index is 10.7. The molecule has 0 aromatic heterocycles. The van der Waals surface area contributed by atoms with Crippen molar-refractivity contribution >= 4 is 6.29 Å². The Morgan fingerprint density at radius 3 is 3.08 bits per heavy atom. The quantitative estimate of drug-likeness (QED) is 0.604. The second-order valence-electron chi connectivity index (χ2n) is 3.27. The van der Waals surface area contributed by atoms with Gasteiger partial charge in [-0.3, -0.25) is 0 Å². The molecule has 0 aliphatic heterocycles. The van der Waals surface area contributed by atoms with Crippen LogP contribution in [0.25, 0.3) is 0 Å². The van der Waals surface area contributed by atoms with Crippen molar-refractivity contribution in [3.05, 3.63) is 34.9 Å². The Hall–Kier alpha value is -1.62. The molecular formula is C11H9NO. The summed E-state index contributed by atoms with van der Waals surface area (Å²) in [5.74, 6) is 0.0169. The third-order valence-electron chi connectivity index (χ3n) is 2.60. The van der Waals surface area contributed by atoms with Gasteiger partial charge >= 0.3 is 0 Å². The summed E-state index contributed by atoms with van der Waals surface area (Å²) in [5.41, 5.74) is 2.85. The second-order valence-corrected chi connectivity index (χ2v) is 3.27. The van der Waals surface area contributed by atoms with Crippen molar-refractivity contribution in [2.75, 3.05) is 0 Å². The van der Waals surface area contributed by atoms with E-state index in [9.17, 15) is 4.79 Å². The van der Waals surface area contributed by atoms with Crippen LogP contribution in [0.3, 0.4) is 0 Å². The van der Waals surface area contributed by atoms with Gasteiger partial charge in [0.1, 0.15) is 6.29 Å². The molecular weight excluding hydrogens is 162 g/mol. The van der Waals surface area contributed by atoms with Gasteiger partial charge in [0.15, 0.2) is 0 Å². The van der Waals surface area contributed by atoms with E-state index in [-0.39, 0.29) is 5.92 Å². The number of carbonyl (C=O) groups excluding carboxylic acids is 1. The van der Waals surface area contributed by atoms with E-state index < -0.39 is 0 Å². The molecule has 0 radical (unpaired) electrons. The minimum atomic E-state index is 0.0169. The molecule has 64 valence electrons. The van der Waals surface area contributed by atoms with Crippen LogP contribution >= 0.6 is 0 Å². The van der Waals surface area contributed by atoms with Crippen LogP contribution in [0, 0.1) is 11.3 Å². The van der Waals surface area contributed by atoms with E-state index in [1.165, 1.54) is 0 Å².